The topological polar surface area (TPSA) is 58.9 Å². The van der Waals surface area contributed by atoms with Gasteiger partial charge < -0.3 is 19.4 Å². The molecule has 0 saturated carbocycles. The van der Waals surface area contributed by atoms with Crippen molar-refractivity contribution < 1.29 is 19.4 Å². The van der Waals surface area contributed by atoms with Crippen molar-refractivity contribution in [1.29, 1.82) is 0 Å². The molecule has 0 saturated heterocycles. The zero-order valence-electron chi connectivity index (χ0n) is 8.37. The van der Waals surface area contributed by atoms with Gasteiger partial charge in [0.1, 0.15) is 11.7 Å². The fourth-order valence-electron chi connectivity index (χ4n) is 0.676. The first-order chi connectivity index (χ1) is 5.73. The predicted octanol–water partition coefficient (Wildman–Crippen LogP) is 0.137. The van der Waals surface area contributed by atoms with Crippen LogP contribution in [0.4, 0.5) is 0 Å². The van der Waals surface area contributed by atoms with Crippen LogP contribution in [0.25, 0.3) is 0 Å². The number of rotatable bonds is 4. The first kappa shape index (κ1) is 12.3. The maximum Gasteiger partial charge on any atom is 0.634 e. The molecule has 0 bridgehead atoms. The van der Waals surface area contributed by atoms with E-state index in [0.717, 1.165) is 0 Å². The molecule has 0 spiro atoms. The average molecular weight is 186 g/mol. The Morgan fingerprint density at radius 2 is 1.62 bits per heavy atom. The highest BCUT2D eigenvalue weighted by atomic mass is 16.6. The van der Waals surface area contributed by atoms with Gasteiger partial charge in [0.2, 0.25) is 0 Å². The van der Waals surface area contributed by atoms with E-state index in [0.29, 0.717) is 0 Å². The van der Waals surface area contributed by atoms with Gasteiger partial charge in [-0.1, -0.05) is 6.42 Å². The Bertz CT molecular complexity index is 205. The van der Waals surface area contributed by atoms with Gasteiger partial charge >= 0.3 is 7.32 Å². The van der Waals surface area contributed by atoms with Crippen molar-refractivity contribution in [1.82, 2.24) is 0 Å². The number of terminal acetylenes is 1. The van der Waals surface area contributed by atoms with Gasteiger partial charge in [-0.3, -0.25) is 0 Å². The summed E-state index contributed by atoms with van der Waals surface area (Å²) in [7, 11) is -1.84. The molecular formula is C8H15BO4. The van der Waals surface area contributed by atoms with Gasteiger partial charge in [-0.25, -0.2) is 0 Å². The van der Waals surface area contributed by atoms with Crippen LogP contribution < -0.4 is 0 Å². The zero-order chi connectivity index (χ0) is 10.7. The van der Waals surface area contributed by atoms with Gasteiger partial charge in [0.05, 0.1) is 5.60 Å². The molecule has 0 radical (unpaired) electrons. The molecule has 0 aromatic carbocycles. The summed E-state index contributed by atoms with van der Waals surface area (Å²) >= 11 is 0. The molecule has 0 aliphatic heterocycles. The van der Waals surface area contributed by atoms with Gasteiger partial charge in [0.15, 0.2) is 0 Å². The van der Waals surface area contributed by atoms with Crippen LogP contribution in [0.15, 0.2) is 0 Å². The van der Waals surface area contributed by atoms with Crippen molar-refractivity contribution in [2.24, 2.45) is 0 Å². The summed E-state index contributed by atoms with van der Waals surface area (Å²) in [6.45, 7) is 6.72. The molecule has 4 nitrogen and oxygen atoms in total. The highest BCUT2D eigenvalue weighted by Crippen LogP contribution is 2.28. The second kappa shape index (κ2) is 4.01. The van der Waals surface area contributed by atoms with Crippen molar-refractivity contribution in [3.63, 3.8) is 0 Å². The lowest BCUT2D eigenvalue weighted by molar-refractivity contribution is -0.107. The Kier molecular flexibility index (Phi) is 3.79. The molecule has 0 heterocycles. The van der Waals surface area contributed by atoms with E-state index in [9.17, 15) is 0 Å². The third kappa shape index (κ3) is 3.27. The second-order valence-corrected chi connectivity index (χ2v) is 3.68. The standard InChI is InChI=1S/C8H15BO4/c1-6-12-7(2,3)8(4,5)13-9(10)11/h1,10-11H,2-5H3. The summed E-state index contributed by atoms with van der Waals surface area (Å²) in [5.41, 5.74) is -1.70. The summed E-state index contributed by atoms with van der Waals surface area (Å²) in [6.07, 6.45) is 7.03. The van der Waals surface area contributed by atoms with Crippen molar-refractivity contribution >= 4 is 7.32 Å². The molecule has 0 amide bonds. The van der Waals surface area contributed by atoms with Gasteiger partial charge in [0, 0.05) is 0 Å². The van der Waals surface area contributed by atoms with E-state index in [1.54, 1.807) is 27.7 Å². The molecule has 74 valence electrons. The molecule has 0 aliphatic rings. The van der Waals surface area contributed by atoms with Crippen LogP contribution in [-0.2, 0) is 9.39 Å². The third-order valence-corrected chi connectivity index (χ3v) is 2.16. The average Bonchev–Trinajstić information content (AvgIpc) is 1.82. The minimum absolute atomic E-state index is 0.800. The normalized spacial score (nSPS) is 12.1. The number of hydrogen-bond donors (Lipinski definition) is 2. The van der Waals surface area contributed by atoms with Crippen LogP contribution in [0, 0.1) is 12.5 Å². The molecule has 2 N–H and O–H groups in total. The van der Waals surface area contributed by atoms with Crippen molar-refractivity contribution in [2.45, 2.75) is 38.9 Å². The fraction of sp³-hybridized carbons (Fsp3) is 0.750. The third-order valence-electron chi connectivity index (χ3n) is 2.16. The van der Waals surface area contributed by atoms with E-state index in [4.69, 9.17) is 25.9 Å². The fourth-order valence-corrected chi connectivity index (χ4v) is 0.676. The Morgan fingerprint density at radius 1 is 1.15 bits per heavy atom. The number of hydrogen-bond acceptors (Lipinski definition) is 4. The molecule has 0 aliphatic carbocycles. The minimum Gasteiger partial charge on any atom is -0.438 e. The largest absolute Gasteiger partial charge is 0.634 e. The van der Waals surface area contributed by atoms with Gasteiger partial charge in [-0.15, -0.1) is 0 Å². The van der Waals surface area contributed by atoms with Crippen LogP contribution in [0.3, 0.4) is 0 Å². The van der Waals surface area contributed by atoms with E-state index in [2.05, 4.69) is 0 Å². The van der Waals surface area contributed by atoms with E-state index < -0.39 is 18.5 Å². The minimum atomic E-state index is -1.84. The van der Waals surface area contributed by atoms with E-state index in [1.807, 2.05) is 6.11 Å². The maximum absolute atomic E-state index is 8.65. The number of ether oxygens (including phenoxy) is 1. The second-order valence-electron chi connectivity index (χ2n) is 3.68. The first-order valence-electron chi connectivity index (χ1n) is 3.90. The lowest BCUT2D eigenvalue weighted by Gasteiger charge is -2.39. The van der Waals surface area contributed by atoms with E-state index >= 15 is 0 Å². The van der Waals surface area contributed by atoms with E-state index in [1.165, 1.54) is 0 Å². The van der Waals surface area contributed by atoms with Crippen molar-refractivity contribution in [3.05, 3.63) is 0 Å². The van der Waals surface area contributed by atoms with Crippen molar-refractivity contribution in [2.75, 3.05) is 0 Å². The Labute approximate surface area is 79.0 Å². The summed E-state index contributed by atoms with van der Waals surface area (Å²) < 4.78 is 9.82. The Morgan fingerprint density at radius 3 is 1.92 bits per heavy atom. The highest BCUT2D eigenvalue weighted by Gasteiger charge is 2.42. The van der Waals surface area contributed by atoms with Crippen molar-refractivity contribution in [3.8, 4) is 12.5 Å². The predicted molar refractivity (Wildman–Crippen MR) is 49.4 cm³/mol. The van der Waals surface area contributed by atoms with Gasteiger partial charge in [-0.05, 0) is 27.7 Å². The first-order valence-corrected chi connectivity index (χ1v) is 3.90. The monoisotopic (exact) mass is 186 g/mol. The van der Waals surface area contributed by atoms with Crippen LogP contribution in [0.2, 0.25) is 0 Å². The molecule has 0 rings (SSSR count). The van der Waals surface area contributed by atoms with Crippen LogP contribution in [-0.4, -0.2) is 28.6 Å². The molecule has 0 atom stereocenters. The van der Waals surface area contributed by atoms with Crippen LogP contribution in [0.1, 0.15) is 27.7 Å². The zero-order valence-corrected chi connectivity index (χ0v) is 8.37. The quantitative estimate of drug-likeness (QED) is 0.484. The molecule has 0 fully saturated rings. The van der Waals surface area contributed by atoms with Gasteiger partial charge in [0.25, 0.3) is 0 Å². The highest BCUT2D eigenvalue weighted by molar-refractivity contribution is 6.32. The summed E-state index contributed by atoms with van der Waals surface area (Å²) in [5.74, 6) is 0. The maximum atomic E-state index is 8.65. The molecule has 0 aromatic rings. The summed E-state index contributed by atoms with van der Waals surface area (Å²) in [6, 6.07) is 0. The molecular weight excluding hydrogens is 171 g/mol. The lowest BCUT2D eigenvalue weighted by atomic mass is 9.88. The molecule has 13 heavy (non-hydrogen) atoms. The van der Waals surface area contributed by atoms with Crippen LogP contribution in [0.5, 0.6) is 0 Å². The molecule has 0 unspecified atom stereocenters. The smallest absolute Gasteiger partial charge is 0.438 e. The van der Waals surface area contributed by atoms with Gasteiger partial charge in [-0.2, -0.15) is 0 Å². The lowest BCUT2D eigenvalue weighted by Crippen LogP contribution is -2.51. The SMILES string of the molecule is C#COC(C)(C)C(C)(C)OB(O)O. The summed E-state index contributed by atoms with van der Waals surface area (Å²) in [5, 5.41) is 17.3. The van der Waals surface area contributed by atoms with Crippen LogP contribution >= 0.6 is 0 Å². The van der Waals surface area contributed by atoms with E-state index in [-0.39, 0.29) is 0 Å². The molecule has 5 heteroatoms. The molecule has 0 aromatic heterocycles. The summed E-state index contributed by atoms with van der Waals surface area (Å²) in [4.78, 5) is 0. The Balaban J connectivity index is 4.51. The Hall–Kier alpha value is -0.695.